The SMILES string of the molecule is CC(C)(C)[Si](C)(C)OC[C@H]1O[C@@H](n2cnc3c(-c4cncc(Br)c4)[n+]([O-])cnc32)[C@H](O[Si](C)(C)C(C)(C)C)[C@@H]1O[Si](C)(C)C(C)(C)C. The zero-order chi connectivity index (χ0) is 35.5. The van der Waals surface area contributed by atoms with Crippen molar-refractivity contribution in [2.75, 3.05) is 6.61 Å². The molecule has 262 valence electrons. The van der Waals surface area contributed by atoms with Crippen molar-refractivity contribution in [1.82, 2.24) is 19.5 Å². The smallest absolute Gasteiger partial charge is 0.292 e. The Morgan fingerprint density at radius 2 is 1.40 bits per heavy atom. The normalized spacial score (nSPS) is 22.0. The predicted molar refractivity (Wildman–Crippen MR) is 199 cm³/mol. The molecule has 10 nitrogen and oxygen atoms in total. The van der Waals surface area contributed by atoms with Gasteiger partial charge in [-0.15, -0.1) is 0 Å². The van der Waals surface area contributed by atoms with Crippen LogP contribution in [-0.2, 0) is 18.0 Å². The van der Waals surface area contributed by atoms with E-state index in [1.54, 1.807) is 18.7 Å². The summed E-state index contributed by atoms with van der Waals surface area (Å²) in [6.07, 6.45) is 4.46. The summed E-state index contributed by atoms with van der Waals surface area (Å²) in [7, 11) is -6.78. The Hall–Kier alpha value is -1.53. The van der Waals surface area contributed by atoms with E-state index in [0.29, 0.717) is 29.0 Å². The average Bonchev–Trinajstić information content (AvgIpc) is 3.46. The Balaban J connectivity index is 1.89. The molecule has 1 aliphatic rings. The van der Waals surface area contributed by atoms with Crippen molar-refractivity contribution in [2.45, 2.75) is 141 Å². The maximum absolute atomic E-state index is 13.1. The maximum Gasteiger partial charge on any atom is 0.292 e. The Morgan fingerprint density at radius 3 is 1.94 bits per heavy atom. The van der Waals surface area contributed by atoms with Gasteiger partial charge in [0.1, 0.15) is 24.6 Å². The van der Waals surface area contributed by atoms with Crippen LogP contribution in [0.3, 0.4) is 0 Å². The van der Waals surface area contributed by atoms with E-state index < -0.39 is 43.4 Å². The molecule has 0 spiro atoms. The van der Waals surface area contributed by atoms with Gasteiger partial charge in [0.2, 0.25) is 0 Å². The highest BCUT2D eigenvalue weighted by Crippen LogP contribution is 2.47. The number of imidazole rings is 1. The van der Waals surface area contributed by atoms with Crippen molar-refractivity contribution < 1.29 is 22.7 Å². The van der Waals surface area contributed by atoms with Gasteiger partial charge in [0.15, 0.2) is 42.4 Å². The summed E-state index contributed by atoms with van der Waals surface area (Å²) in [5, 5.41) is 13.1. The number of fused-ring (bicyclic) bond motifs is 1. The predicted octanol–water partition coefficient (Wildman–Crippen LogP) is 8.59. The van der Waals surface area contributed by atoms with Crippen molar-refractivity contribution in [2.24, 2.45) is 0 Å². The number of halogens is 1. The van der Waals surface area contributed by atoms with Gasteiger partial charge in [-0.1, -0.05) is 62.3 Å². The summed E-state index contributed by atoms with van der Waals surface area (Å²) in [6, 6.07) is 1.85. The van der Waals surface area contributed by atoms with Gasteiger partial charge in [-0.3, -0.25) is 9.55 Å². The zero-order valence-corrected chi connectivity index (χ0v) is 35.6. The van der Waals surface area contributed by atoms with Gasteiger partial charge < -0.3 is 23.2 Å². The fraction of sp³-hybridized carbons (Fsp3) is 0.697. The van der Waals surface area contributed by atoms with Gasteiger partial charge in [0.05, 0.1) is 6.61 Å². The van der Waals surface area contributed by atoms with Crippen molar-refractivity contribution in [1.29, 1.82) is 0 Å². The number of hydrogen-bond acceptors (Lipinski definition) is 8. The van der Waals surface area contributed by atoms with E-state index in [1.165, 1.54) is 6.33 Å². The van der Waals surface area contributed by atoms with Crippen molar-refractivity contribution in [3.8, 4) is 11.3 Å². The number of rotatable bonds is 9. The van der Waals surface area contributed by atoms with E-state index >= 15 is 0 Å². The molecule has 0 bridgehead atoms. The molecule has 0 saturated carbocycles. The van der Waals surface area contributed by atoms with E-state index in [4.69, 9.17) is 23.0 Å². The molecule has 0 N–H and O–H groups in total. The topological polar surface area (TPSA) is 107 Å². The highest BCUT2D eigenvalue weighted by molar-refractivity contribution is 9.10. The molecular weight excluding hydrogens is 711 g/mol. The van der Waals surface area contributed by atoms with Crippen molar-refractivity contribution in [3.05, 3.63) is 40.8 Å². The van der Waals surface area contributed by atoms with Gasteiger partial charge >= 0.3 is 0 Å². The Labute approximate surface area is 293 Å². The molecule has 1 aliphatic heterocycles. The molecule has 47 heavy (non-hydrogen) atoms. The Bertz CT molecular complexity index is 1580. The molecule has 1 fully saturated rings. The lowest BCUT2D eigenvalue weighted by molar-refractivity contribution is -0.595. The van der Waals surface area contributed by atoms with Crippen LogP contribution in [0.4, 0.5) is 0 Å². The van der Waals surface area contributed by atoms with E-state index in [2.05, 4.69) is 127 Å². The summed E-state index contributed by atoms with van der Waals surface area (Å²) in [4.78, 5) is 13.6. The van der Waals surface area contributed by atoms with E-state index in [-0.39, 0.29) is 21.2 Å². The molecule has 3 aromatic rings. The molecule has 4 heterocycles. The highest BCUT2D eigenvalue weighted by Gasteiger charge is 2.55. The number of hydrogen-bond donors (Lipinski definition) is 0. The molecule has 1 saturated heterocycles. The molecule has 0 aromatic carbocycles. The molecular formula is C33H56BrN5O5Si3. The van der Waals surface area contributed by atoms with Crippen LogP contribution in [0.5, 0.6) is 0 Å². The minimum atomic E-state index is -2.35. The second-order valence-electron chi connectivity index (χ2n) is 17.5. The first kappa shape index (κ1) is 38.3. The number of aromatic nitrogens is 5. The van der Waals surface area contributed by atoms with Gasteiger partial charge in [-0.2, -0.15) is 0 Å². The summed E-state index contributed by atoms with van der Waals surface area (Å²) in [5.41, 5.74) is 1.99. The highest BCUT2D eigenvalue weighted by atomic mass is 79.9. The number of ether oxygens (including phenoxy) is 1. The summed E-state index contributed by atoms with van der Waals surface area (Å²) >= 11 is 3.48. The fourth-order valence-electron chi connectivity index (χ4n) is 4.79. The second-order valence-corrected chi connectivity index (χ2v) is 32.7. The van der Waals surface area contributed by atoms with Gasteiger partial charge in [0, 0.05) is 22.4 Å². The second kappa shape index (κ2) is 13.0. The largest absolute Gasteiger partial charge is 0.710 e. The molecule has 0 amide bonds. The molecule has 4 atom stereocenters. The van der Waals surface area contributed by atoms with Crippen LogP contribution in [0.15, 0.2) is 35.6 Å². The third kappa shape index (κ3) is 7.79. The Kier molecular flexibility index (Phi) is 10.6. The Morgan fingerprint density at radius 1 is 0.851 bits per heavy atom. The molecule has 3 aromatic heterocycles. The van der Waals surface area contributed by atoms with Crippen molar-refractivity contribution >= 4 is 52.0 Å². The van der Waals surface area contributed by atoms with E-state index in [0.717, 1.165) is 9.20 Å². The molecule has 0 aliphatic carbocycles. The first-order valence-electron chi connectivity index (χ1n) is 16.5. The van der Waals surface area contributed by atoms with Gasteiger partial charge in [-0.25, -0.2) is 9.71 Å². The standard InChI is InChI=1S/C33H56BrN5O5Si3/c1-31(2,3)45(10,11)41-19-24-27(43-46(12,13)32(4,5)6)28(44-47(14,15)33(7,8)9)30(42-24)38-20-36-25-26(39(40)21-37-29(25)38)22-16-23(34)18-35-17-22/h16-18,20-21,24,27-28,30H,19H2,1-15H3/t24-,27-,28-,30-/m1/s1. The lowest BCUT2D eigenvalue weighted by Crippen LogP contribution is -2.54. The summed E-state index contributed by atoms with van der Waals surface area (Å²) in [6.45, 7) is 34.2. The van der Waals surface area contributed by atoms with Crippen LogP contribution in [0, 0.1) is 5.21 Å². The molecule has 4 rings (SSSR count). The van der Waals surface area contributed by atoms with Crippen molar-refractivity contribution in [3.63, 3.8) is 0 Å². The van der Waals surface area contributed by atoms with Crippen LogP contribution in [0.1, 0.15) is 68.5 Å². The zero-order valence-electron chi connectivity index (χ0n) is 31.1. The van der Waals surface area contributed by atoms with Gasteiger partial charge in [-0.05, 0) is 81.4 Å². The summed E-state index contributed by atoms with van der Waals surface area (Å²) in [5.74, 6) is 0. The maximum atomic E-state index is 13.1. The van der Waals surface area contributed by atoms with Gasteiger partial charge in [0.25, 0.3) is 12.0 Å². The number of pyridine rings is 1. The first-order valence-corrected chi connectivity index (χ1v) is 26.0. The quantitative estimate of drug-likeness (QED) is 0.121. The number of nitrogens with zero attached hydrogens (tertiary/aromatic N) is 5. The third-order valence-corrected chi connectivity index (χ3v) is 24.8. The van der Waals surface area contributed by atoms with Crippen LogP contribution in [0.2, 0.25) is 54.4 Å². The van der Waals surface area contributed by atoms with Crippen LogP contribution in [0.25, 0.3) is 22.4 Å². The van der Waals surface area contributed by atoms with E-state index in [9.17, 15) is 5.21 Å². The lowest BCUT2D eigenvalue weighted by atomic mass is 10.1. The molecule has 0 unspecified atom stereocenters. The average molecular weight is 767 g/mol. The lowest BCUT2D eigenvalue weighted by Gasteiger charge is -2.44. The minimum Gasteiger partial charge on any atom is -0.710 e. The van der Waals surface area contributed by atoms with E-state index in [1.807, 2.05) is 10.6 Å². The molecule has 14 heteroatoms. The minimum absolute atomic E-state index is 0.0324. The molecule has 0 radical (unpaired) electrons. The fourth-order valence-corrected chi connectivity index (χ4v) is 8.77. The summed E-state index contributed by atoms with van der Waals surface area (Å²) < 4.78 is 31.9. The third-order valence-electron chi connectivity index (χ3n) is 10.9. The van der Waals surface area contributed by atoms with Crippen LogP contribution in [-0.4, -0.2) is 69.4 Å². The van der Waals surface area contributed by atoms with Crippen LogP contribution < -0.4 is 4.73 Å². The van der Waals surface area contributed by atoms with Crippen LogP contribution >= 0.6 is 15.9 Å². The monoisotopic (exact) mass is 765 g/mol. The first-order chi connectivity index (χ1) is 21.3.